The lowest BCUT2D eigenvalue weighted by Gasteiger charge is -2.25. The Morgan fingerprint density at radius 1 is 1.29 bits per heavy atom. The number of hydrogen-bond donors (Lipinski definition) is 2. The fourth-order valence-electron chi connectivity index (χ4n) is 2.19. The summed E-state index contributed by atoms with van der Waals surface area (Å²) < 4.78 is 25.0. The third kappa shape index (κ3) is 6.04. The number of aliphatic hydroxyl groups is 1. The summed E-state index contributed by atoms with van der Waals surface area (Å²) >= 11 is 12.2. The van der Waals surface area contributed by atoms with Crippen LogP contribution in [0.5, 0.6) is 0 Å². The number of alkyl halides is 2. The molecule has 0 aromatic heterocycles. The van der Waals surface area contributed by atoms with Crippen LogP contribution in [-0.4, -0.2) is 49.7 Å². The number of nitrogens with zero attached hydrogens (tertiary/aromatic N) is 1. The third-order valence-electron chi connectivity index (χ3n) is 3.25. The van der Waals surface area contributed by atoms with E-state index in [-0.39, 0.29) is 25.7 Å². The Labute approximate surface area is 133 Å². The first-order valence-corrected chi connectivity index (χ1v) is 7.47. The Hall–Kier alpha value is -0.460. The second-order valence-corrected chi connectivity index (χ2v) is 5.47. The summed E-state index contributed by atoms with van der Waals surface area (Å²) in [6.45, 7) is 0.165. The van der Waals surface area contributed by atoms with Gasteiger partial charge in [-0.2, -0.15) is 0 Å². The number of benzene rings is 1. The van der Waals surface area contributed by atoms with Crippen molar-refractivity contribution in [3.63, 3.8) is 0 Å². The molecule has 1 unspecified atom stereocenters. The average molecular weight is 341 g/mol. The minimum absolute atomic E-state index is 0.0879. The Balaban J connectivity index is 2.70. The van der Waals surface area contributed by atoms with Gasteiger partial charge < -0.3 is 10.4 Å². The molecule has 0 aliphatic carbocycles. The van der Waals surface area contributed by atoms with E-state index in [1.165, 1.54) is 4.90 Å². The Bertz CT molecular complexity index is 435. The highest BCUT2D eigenvalue weighted by atomic mass is 35.5. The van der Waals surface area contributed by atoms with Gasteiger partial charge in [0.05, 0.1) is 23.2 Å². The van der Waals surface area contributed by atoms with Gasteiger partial charge in [0, 0.05) is 19.1 Å². The maximum atomic E-state index is 12.5. The van der Waals surface area contributed by atoms with Crippen molar-refractivity contribution in [1.29, 1.82) is 0 Å². The molecule has 2 N–H and O–H groups in total. The van der Waals surface area contributed by atoms with E-state index in [0.29, 0.717) is 23.0 Å². The highest BCUT2D eigenvalue weighted by molar-refractivity contribution is 6.42. The fraction of sp³-hybridized carbons (Fsp3) is 0.571. The van der Waals surface area contributed by atoms with E-state index < -0.39 is 6.43 Å². The van der Waals surface area contributed by atoms with Crippen molar-refractivity contribution in [2.45, 2.75) is 18.9 Å². The maximum absolute atomic E-state index is 12.5. The van der Waals surface area contributed by atoms with Gasteiger partial charge in [0.25, 0.3) is 6.43 Å². The summed E-state index contributed by atoms with van der Waals surface area (Å²) in [5.74, 6) is 0. The van der Waals surface area contributed by atoms with Crippen LogP contribution in [0.4, 0.5) is 8.78 Å². The molecular weight excluding hydrogens is 321 g/mol. The van der Waals surface area contributed by atoms with Gasteiger partial charge in [0.2, 0.25) is 0 Å². The minimum atomic E-state index is -2.42. The molecule has 0 aliphatic rings. The topological polar surface area (TPSA) is 35.5 Å². The maximum Gasteiger partial charge on any atom is 0.251 e. The first-order valence-electron chi connectivity index (χ1n) is 6.72. The number of hydrogen-bond acceptors (Lipinski definition) is 3. The van der Waals surface area contributed by atoms with E-state index in [9.17, 15) is 8.78 Å². The summed E-state index contributed by atoms with van der Waals surface area (Å²) in [5, 5.41) is 13.0. The summed E-state index contributed by atoms with van der Waals surface area (Å²) in [4.78, 5) is 1.54. The first-order chi connectivity index (χ1) is 9.99. The summed E-state index contributed by atoms with van der Waals surface area (Å²) in [5.41, 5.74) is 0.840. The number of nitrogens with one attached hydrogen (secondary N) is 1. The predicted molar refractivity (Wildman–Crippen MR) is 82.4 cm³/mol. The van der Waals surface area contributed by atoms with Gasteiger partial charge in [-0.15, -0.1) is 0 Å². The first kappa shape index (κ1) is 18.6. The van der Waals surface area contributed by atoms with Crippen molar-refractivity contribution >= 4 is 23.2 Å². The Kier molecular flexibility index (Phi) is 8.44. The van der Waals surface area contributed by atoms with E-state index in [4.69, 9.17) is 28.3 Å². The van der Waals surface area contributed by atoms with Gasteiger partial charge in [-0.05, 0) is 25.1 Å². The molecule has 7 heteroatoms. The molecule has 0 radical (unpaired) electrons. The minimum Gasteiger partial charge on any atom is -0.395 e. The monoisotopic (exact) mass is 340 g/mol. The van der Waals surface area contributed by atoms with Crippen LogP contribution in [0, 0.1) is 0 Å². The lowest BCUT2D eigenvalue weighted by Crippen LogP contribution is -2.34. The lowest BCUT2D eigenvalue weighted by molar-refractivity contribution is 0.0763. The van der Waals surface area contributed by atoms with Gasteiger partial charge in [0.15, 0.2) is 0 Å². The van der Waals surface area contributed by atoms with Crippen LogP contribution in [0.2, 0.25) is 10.0 Å². The van der Waals surface area contributed by atoms with E-state index in [0.717, 1.165) is 5.56 Å². The van der Waals surface area contributed by atoms with Crippen molar-refractivity contribution in [2.24, 2.45) is 0 Å². The van der Waals surface area contributed by atoms with Gasteiger partial charge in [-0.1, -0.05) is 35.3 Å². The molecule has 1 rings (SSSR count). The van der Waals surface area contributed by atoms with Gasteiger partial charge >= 0.3 is 0 Å². The van der Waals surface area contributed by atoms with E-state index in [2.05, 4.69) is 5.32 Å². The third-order valence-corrected chi connectivity index (χ3v) is 4.09. The number of rotatable bonds is 9. The average Bonchev–Trinajstić information content (AvgIpc) is 2.43. The van der Waals surface area contributed by atoms with Crippen LogP contribution in [0.25, 0.3) is 0 Å². The zero-order chi connectivity index (χ0) is 15.8. The Morgan fingerprint density at radius 3 is 2.57 bits per heavy atom. The predicted octanol–water partition coefficient (Wildman–Crippen LogP) is 3.20. The highest BCUT2D eigenvalue weighted by Gasteiger charge is 2.17. The molecule has 0 bridgehead atoms. The molecule has 1 aromatic carbocycles. The zero-order valence-electron chi connectivity index (χ0n) is 11.8. The largest absolute Gasteiger partial charge is 0.395 e. The summed E-state index contributed by atoms with van der Waals surface area (Å²) in [7, 11) is 1.78. The van der Waals surface area contributed by atoms with Crippen LogP contribution in [0.15, 0.2) is 18.2 Å². The van der Waals surface area contributed by atoms with E-state index in [1.807, 2.05) is 6.07 Å². The number of aliphatic hydroxyl groups excluding tert-OH is 1. The van der Waals surface area contributed by atoms with Crippen LogP contribution in [-0.2, 0) is 0 Å². The van der Waals surface area contributed by atoms with Crippen LogP contribution in [0.3, 0.4) is 0 Å². The number of halogens is 4. The second kappa shape index (κ2) is 9.54. The molecule has 1 aromatic rings. The molecule has 0 saturated heterocycles. The van der Waals surface area contributed by atoms with Gasteiger partial charge in [0.1, 0.15) is 0 Å². The van der Waals surface area contributed by atoms with Crippen molar-refractivity contribution in [2.75, 3.05) is 33.3 Å². The van der Waals surface area contributed by atoms with Crippen LogP contribution in [0.1, 0.15) is 18.0 Å². The molecule has 1 atom stereocenters. The van der Waals surface area contributed by atoms with Gasteiger partial charge in [-0.25, -0.2) is 8.78 Å². The zero-order valence-corrected chi connectivity index (χ0v) is 13.3. The van der Waals surface area contributed by atoms with E-state index in [1.54, 1.807) is 19.2 Å². The van der Waals surface area contributed by atoms with Crippen molar-refractivity contribution < 1.29 is 13.9 Å². The Morgan fingerprint density at radius 2 is 2.00 bits per heavy atom. The van der Waals surface area contributed by atoms with Crippen molar-refractivity contribution in [3.05, 3.63) is 33.8 Å². The molecule has 0 heterocycles. The smallest absolute Gasteiger partial charge is 0.251 e. The lowest BCUT2D eigenvalue weighted by atomic mass is 10.0. The van der Waals surface area contributed by atoms with Crippen LogP contribution < -0.4 is 5.32 Å². The normalized spacial score (nSPS) is 13.1. The molecule has 0 spiro atoms. The molecule has 3 nitrogen and oxygen atoms in total. The highest BCUT2D eigenvalue weighted by Crippen LogP contribution is 2.31. The van der Waals surface area contributed by atoms with Crippen molar-refractivity contribution in [3.8, 4) is 0 Å². The van der Waals surface area contributed by atoms with Gasteiger partial charge in [-0.3, -0.25) is 4.90 Å². The van der Waals surface area contributed by atoms with Crippen molar-refractivity contribution in [1.82, 2.24) is 10.2 Å². The molecule has 0 fully saturated rings. The molecular formula is C14H20Cl2F2N2O. The summed E-state index contributed by atoms with van der Waals surface area (Å²) in [6, 6.07) is 5.28. The standard InChI is InChI=1S/C14H20Cl2F2N2O/c1-19-12(10-3-2-4-11(15)14(10)16)5-6-20(7-8-21)9-13(17)18/h2-4,12-13,19,21H,5-9H2,1H3. The molecule has 21 heavy (non-hydrogen) atoms. The fourth-order valence-corrected chi connectivity index (χ4v) is 2.63. The molecule has 0 saturated carbocycles. The molecule has 0 amide bonds. The molecule has 120 valence electrons. The molecule has 0 aliphatic heterocycles. The second-order valence-electron chi connectivity index (χ2n) is 4.69. The summed E-state index contributed by atoms with van der Waals surface area (Å²) in [6.07, 6.45) is -1.83. The van der Waals surface area contributed by atoms with Crippen LogP contribution >= 0.6 is 23.2 Å². The van der Waals surface area contributed by atoms with E-state index >= 15 is 0 Å². The SMILES string of the molecule is CNC(CCN(CCO)CC(F)F)c1cccc(Cl)c1Cl. The quantitative estimate of drug-likeness (QED) is 0.724.